The average Bonchev–Trinajstić information content (AvgIpc) is 2.87. The van der Waals surface area contributed by atoms with Gasteiger partial charge in [-0.2, -0.15) is 0 Å². The quantitative estimate of drug-likeness (QED) is 0.884. The number of hydrogen-bond donors (Lipinski definition) is 1. The molecule has 96 valence electrons. The van der Waals surface area contributed by atoms with Crippen molar-refractivity contribution in [1.82, 2.24) is 4.90 Å². The minimum atomic E-state index is -0.188. The van der Waals surface area contributed by atoms with Gasteiger partial charge in [0.15, 0.2) is 0 Å². The molecular weight excluding hydrogens is 231 g/mol. The first-order valence-electron chi connectivity index (χ1n) is 5.88. The van der Waals surface area contributed by atoms with E-state index in [1.54, 1.807) is 24.7 Å². The Kier molecular flexibility index (Phi) is 4.12. The van der Waals surface area contributed by atoms with Crippen LogP contribution in [0.2, 0.25) is 0 Å². The Morgan fingerprint density at radius 3 is 2.72 bits per heavy atom. The maximum absolute atomic E-state index is 13.6. The van der Waals surface area contributed by atoms with Gasteiger partial charge >= 0.3 is 0 Å². The number of hydrogen-bond acceptors (Lipinski definition) is 3. The van der Waals surface area contributed by atoms with Crippen molar-refractivity contribution >= 4 is 0 Å². The highest BCUT2D eigenvalue weighted by molar-refractivity contribution is 5.18. The maximum Gasteiger partial charge on any atom is 0.127 e. The summed E-state index contributed by atoms with van der Waals surface area (Å²) in [4.78, 5) is 2.02. The van der Waals surface area contributed by atoms with E-state index in [-0.39, 0.29) is 11.9 Å². The molecule has 1 unspecified atom stereocenters. The zero-order valence-electron chi connectivity index (χ0n) is 10.3. The molecule has 0 fully saturated rings. The SMILES string of the molecule is CN(Cc1ccccc1F)C(CN)c1ccoc1. The van der Waals surface area contributed by atoms with Crippen molar-refractivity contribution in [2.45, 2.75) is 12.6 Å². The van der Waals surface area contributed by atoms with Gasteiger partial charge in [-0.15, -0.1) is 0 Å². The van der Waals surface area contributed by atoms with Crippen molar-refractivity contribution in [2.75, 3.05) is 13.6 Å². The zero-order valence-corrected chi connectivity index (χ0v) is 10.3. The minimum Gasteiger partial charge on any atom is -0.472 e. The molecule has 2 aromatic rings. The highest BCUT2D eigenvalue weighted by Crippen LogP contribution is 2.21. The predicted octanol–water partition coefficient (Wildman–Crippen LogP) is 2.55. The summed E-state index contributed by atoms with van der Waals surface area (Å²) < 4.78 is 18.6. The van der Waals surface area contributed by atoms with E-state index in [4.69, 9.17) is 10.2 Å². The van der Waals surface area contributed by atoms with Crippen LogP contribution in [0.25, 0.3) is 0 Å². The second kappa shape index (κ2) is 5.80. The molecule has 1 atom stereocenters. The predicted molar refractivity (Wildman–Crippen MR) is 68.4 cm³/mol. The van der Waals surface area contributed by atoms with Gasteiger partial charge < -0.3 is 10.2 Å². The normalized spacial score (nSPS) is 12.9. The Hall–Kier alpha value is -1.65. The first kappa shape index (κ1) is 12.8. The molecule has 0 amide bonds. The van der Waals surface area contributed by atoms with E-state index < -0.39 is 0 Å². The van der Waals surface area contributed by atoms with E-state index in [0.717, 1.165) is 5.56 Å². The van der Waals surface area contributed by atoms with Gasteiger partial charge in [-0.05, 0) is 19.2 Å². The fourth-order valence-electron chi connectivity index (χ4n) is 2.04. The smallest absolute Gasteiger partial charge is 0.127 e. The first-order valence-corrected chi connectivity index (χ1v) is 5.88. The molecular formula is C14H17FN2O. The van der Waals surface area contributed by atoms with Crippen LogP contribution in [-0.4, -0.2) is 18.5 Å². The van der Waals surface area contributed by atoms with Crippen LogP contribution in [0, 0.1) is 5.82 Å². The molecule has 1 heterocycles. The van der Waals surface area contributed by atoms with Crippen molar-refractivity contribution in [3.05, 3.63) is 59.8 Å². The highest BCUT2D eigenvalue weighted by Gasteiger charge is 2.17. The minimum absolute atomic E-state index is 0.0309. The summed E-state index contributed by atoms with van der Waals surface area (Å²) in [5.74, 6) is -0.188. The third kappa shape index (κ3) is 2.78. The molecule has 0 saturated carbocycles. The first-order chi connectivity index (χ1) is 8.72. The van der Waals surface area contributed by atoms with Crippen LogP contribution in [0.5, 0.6) is 0 Å². The summed E-state index contributed by atoms with van der Waals surface area (Å²) in [6, 6.07) is 8.70. The standard InChI is InChI=1S/C14H17FN2O/c1-17(9-11-4-2-3-5-13(11)15)14(8-16)12-6-7-18-10-12/h2-7,10,14H,8-9,16H2,1H3. The summed E-state index contributed by atoms with van der Waals surface area (Å²) in [7, 11) is 1.93. The molecule has 4 heteroatoms. The van der Waals surface area contributed by atoms with Gasteiger partial charge in [0.05, 0.1) is 18.6 Å². The Morgan fingerprint density at radius 2 is 2.11 bits per heavy atom. The number of nitrogens with zero attached hydrogens (tertiary/aromatic N) is 1. The molecule has 3 nitrogen and oxygen atoms in total. The molecule has 0 aliphatic rings. The van der Waals surface area contributed by atoms with Crippen LogP contribution in [0.1, 0.15) is 17.2 Å². The van der Waals surface area contributed by atoms with Crippen LogP contribution < -0.4 is 5.73 Å². The molecule has 0 aliphatic heterocycles. The van der Waals surface area contributed by atoms with Crippen molar-refractivity contribution in [3.63, 3.8) is 0 Å². The second-order valence-corrected chi connectivity index (χ2v) is 4.31. The van der Waals surface area contributed by atoms with Crippen molar-refractivity contribution < 1.29 is 8.81 Å². The molecule has 1 aromatic heterocycles. The molecule has 0 aliphatic carbocycles. The van der Waals surface area contributed by atoms with E-state index in [1.165, 1.54) is 6.07 Å². The summed E-state index contributed by atoms with van der Waals surface area (Å²) in [5, 5.41) is 0. The molecule has 1 aromatic carbocycles. The molecule has 0 spiro atoms. The number of likely N-dealkylation sites (N-methyl/N-ethyl adjacent to an activating group) is 1. The number of rotatable bonds is 5. The highest BCUT2D eigenvalue weighted by atomic mass is 19.1. The van der Waals surface area contributed by atoms with Gasteiger partial charge in [0.1, 0.15) is 5.82 Å². The molecule has 18 heavy (non-hydrogen) atoms. The van der Waals surface area contributed by atoms with Gasteiger partial charge in [0.25, 0.3) is 0 Å². The lowest BCUT2D eigenvalue weighted by Gasteiger charge is -2.26. The molecule has 0 bridgehead atoms. The lowest BCUT2D eigenvalue weighted by molar-refractivity contribution is 0.237. The zero-order chi connectivity index (χ0) is 13.0. The number of halogens is 1. The van der Waals surface area contributed by atoms with Crippen LogP contribution in [-0.2, 0) is 6.54 Å². The number of benzene rings is 1. The van der Waals surface area contributed by atoms with Gasteiger partial charge in [-0.25, -0.2) is 4.39 Å². The fourth-order valence-corrected chi connectivity index (χ4v) is 2.04. The van der Waals surface area contributed by atoms with Gasteiger partial charge in [-0.3, -0.25) is 4.90 Å². The van der Waals surface area contributed by atoms with E-state index in [9.17, 15) is 4.39 Å². The third-order valence-electron chi connectivity index (χ3n) is 3.06. The van der Waals surface area contributed by atoms with E-state index in [0.29, 0.717) is 18.7 Å². The summed E-state index contributed by atoms with van der Waals surface area (Å²) in [5.41, 5.74) is 7.46. The molecule has 0 saturated heterocycles. The van der Waals surface area contributed by atoms with Crippen LogP contribution in [0.15, 0.2) is 47.3 Å². The van der Waals surface area contributed by atoms with Gasteiger partial charge in [-0.1, -0.05) is 18.2 Å². The fraction of sp³-hybridized carbons (Fsp3) is 0.286. The average molecular weight is 248 g/mol. The van der Waals surface area contributed by atoms with Crippen molar-refractivity contribution in [3.8, 4) is 0 Å². The Labute approximate surface area is 106 Å². The molecule has 2 N–H and O–H groups in total. The van der Waals surface area contributed by atoms with Crippen LogP contribution in [0.3, 0.4) is 0 Å². The monoisotopic (exact) mass is 248 g/mol. The molecule has 2 rings (SSSR count). The van der Waals surface area contributed by atoms with Gasteiger partial charge in [0.2, 0.25) is 0 Å². The second-order valence-electron chi connectivity index (χ2n) is 4.31. The largest absolute Gasteiger partial charge is 0.472 e. The Bertz CT molecular complexity index is 484. The van der Waals surface area contributed by atoms with Crippen LogP contribution >= 0.6 is 0 Å². The van der Waals surface area contributed by atoms with E-state index in [1.807, 2.05) is 24.1 Å². The lowest BCUT2D eigenvalue weighted by Crippen LogP contribution is -2.30. The summed E-state index contributed by atoms with van der Waals surface area (Å²) in [6.07, 6.45) is 3.30. The van der Waals surface area contributed by atoms with Crippen molar-refractivity contribution in [2.24, 2.45) is 5.73 Å². The summed E-state index contributed by atoms with van der Waals surface area (Å²) in [6.45, 7) is 0.976. The Morgan fingerprint density at radius 1 is 1.33 bits per heavy atom. The van der Waals surface area contributed by atoms with Gasteiger partial charge in [0, 0.05) is 24.2 Å². The maximum atomic E-state index is 13.6. The van der Waals surface area contributed by atoms with Crippen LogP contribution in [0.4, 0.5) is 4.39 Å². The topological polar surface area (TPSA) is 42.4 Å². The van der Waals surface area contributed by atoms with E-state index in [2.05, 4.69) is 0 Å². The number of furan rings is 1. The summed E-state index contributed by atoms with van der Waals surface area (Å²) >= 11 is 0. The van der Waals surface area contributed by atoms with Crippen molar-refractivity contribution in [1.29, 1.82) is 0 Å². The van der Waals surface area contributed by atoms with E-state index >= 15 is 0 Å². The lowest BCUT2D eigenvalue weighted by atomic mass is 10.1. The molecule has 0 radical (unpaired) electrons. The number of nitrogens with two attached hydrogens (primary N) is 1. The Balaban J connectivity index is 2.11. The third-order valence-corrected chi connectivity index (χ3v) is 3.06.